The maximum atomic E-state index is 12.8. The molecule has 0 saturated heterocycles. The lowest BCUT2D eigenvalue weighted by Gasteiger charge is -2.08. The largest absolute Gasteiger partial charge is 0.462 e. The van der Waals surface area contributed by atoms with E-state index in [1.165, 1.54) is 6.08 Å². The lowest BCUT2D eigenvalue weighted by atomic mass is 10.1. The van der Waals surface area contributed by atoms with Crippen molar-refractivity contribution in [2.24, 2.45) is 0 Å². The van der Waals surface area contributed by atoms with Crippen LogP contribution in [0.4, 0.5) is 17.3 Å². The minimum atomic E-state index is -0.723. The van der Waals surface area contributed by atoms with Crippen LogP contribution in [0.25, 0.3) is 6.08 Å². The molecule has 9 heteroatoms. The maximum Gasteiger partial charge on any atom is 0.345 e. The molecule has 0 atom stereocenters. The molecule has 0 aliphatic carbocycles. The molecule has 2 N–H and O–H groups in total. The van der Waals surface area contributed by atoms with Gasteiger partial charge in [0.25, 0.3) is 5.91 Å². The number of carbonyl (C=O) groups excluding carboxylic acids is 2. The summed E-state index contributed by atoms with van der Waals surface area (Å²) in [6.07, 6.45) is 1.18. The van der Waals surface area contributed by atoms with E-state index in [4.69, 9.17) is 32.4 Å². The highest BCUT2D eigenvalue weighted by Gasteiger charge is 2.26. The van der Waals surface area contributed by atoms with Crippen LogP contribution in [0, 0.1) is 25.2 Å². The first-order valence-corrected chi connectivity index (χ1v) is 11.0. The molecule has 0 radical (unpaired) electrons. The van der Waals surface area contributed by atoms with Crippen molar-refractivity contribution >= 4 is 58.4 Å². The molecule has 0 aliphatic heterocycles. The van der Waals surface area contributed by atoms with Gasteiger partial charge in [0, 0.05) is 22.5 Å². The number of aryl methyl sites for hydroxylation is 2. The summed E-state index contributed by atoms with van der Waals surface area (Å²) in [4.78, 5) is 25.3. The third kappa shape index (κ3) is 5.79. The summed E-state index contributed by atoms with van der Waals surface area (Å²) in [5, 5.41) is 15.6. The Hall–Kier alpha value is -3.73. The molecule has 0 saturated carbocycles. The number of rotatable bonds is 7. The van der Waals surface area contributed by atoms with Gasteiger partial charge in [0.05, 0.1) is 6.61 Å². The quantitative estimate of drug-likeness (QED) is 0.214. The van der Waals surface area contributed by atoms with Gasteiger partial charge in [-0.2, -0.15) is 5.26 Å². The van der Waals surface area contributed by atoms with E-state index < -0.39 is 11.9 Å². The Morgan fingerprint density at radius 3 is 2.62 bits per heavy atom. The Bertz CT molecular complexity index is 1320. The zero-order valence-corrected chi connectivity index (χ0v) is 20.2. The van der Waals surface area contributed by atoms with Crippen LogP contribution >= 0.6 is 23.2 Å². The van der Waals surface area contributed by atoms with Gasteiger partial charge >= 0.3 is 5.97 Å². The first-order chi connectivity index (χ1) is 16.2. The van der Waals surface area contributed by atoms with Crippen molar-refractivity contribution in [2.75, 3.05) is 17.2 Å². The summed E-state index contributed by atoms with van der Waals surface area (Å²) in [6.45, 7) is 5.50. The second-order valence-electron chi connectivity index (χ2n) is 7.28. The van der Waals surface area contributed by atoms with Crippen molar-refractivity contribution in [3.05, 3.63) is 80.5 Å². The Labute approximate surface area is 206 Å². The predicted octanol–water partition coefficient (Wildman–Crippen LogP) is 6.67. The van der Waals surface area contributed by atoms with Gasteiger partial charge in [0.1, 0.15) is 22.2 Å². The number of hydrogen-bond acceptors (Lipinski definition) is 6. The molecule has 1 aromatic heterocycles. The molecule has 174 valence electrons. The van der Waals surface area contributed by atoms with E-state index in [1.807, 2.05) is 32.0 Å². The molecule has 0 spiro atoms. The molecular formula is C25H21Cl2N3O4. The number of halogens is 2. The first-order valence-electron chi connectivity index (χ1n) is 10.3. The van der Waals surface area contributed by atoms with Crippen molar-refractivity contribution < 1.29 is 18.7 Å². The SMILES string of the molecule is CCOC(=O)c1c(Nc2cccc(Cl)c2)oc(/C=C(\C#N)C(=O)Nc2cc(C)ccc2C)c1Cl. The molecule has 3 aromatic rings. The van der Waals surface area contributed by atoms with Gasteiger partial charge < -0.3 is 19.8 Å². The number of amides is 1. The van der Waals surface area contributed by atoms with Crippen LogP contribution < -0.4 is 10.6 Å². The lowest BCUT2D eigenvalue weighted by Crippen LogP contribution is -2.14. The number of hydrogen-bond donors (Lipinski definition) is 2. The molecule has 1 amide bonds. The highest BCUT2D eigenvalue weighted by molar-refractivity contribution is 6.36. The number of benzene rings is 2. The summed E-state index contributed by atoms with van der Waals surface area (Å²) in [5.41, 5.74) is 2.57. The van der Waals surface area contributed by atoms with E-state index in [1.54, 1.807) is 37.3 Å². The monoisotopic (exact) mass is 497 g/mol. The molecule has 0 fully saturated rings. The fourth-order valence-electron chi connectivity index (χ4n) is 3.03. The zero-order chi connectivity index (χ0) is 24.8. The second kappa shape index (κ2) is 10.9. The molecule has 3 rings (SSSR count). The van der Waals surface area contributed by atoms with Crippen LogP contribution in [0.1, 0.15) is 34.2 Å². The number of carbonyl (C=O) groups is 2. The highest BCUT2D eigenvalue weighted by atomic mass is 35.5. The van der Waals surface area contributed by atoms with Gasteiger partial charge in [0.2, 0.25) is 5.88 Å². The summed E-state index contributed by atoms with van der Waals surface area (Å²) in [5.74, 6) is -1.43. The average molecular weight is 498 g/mol. The highest BCUT2D eigenvalue weighted by Crippen LogP contribution is 2.36. The molecule has 0 bridgehead atoms. The minimum Gasteiger partial charge on any atom is -0.462 e. The molecule has 2 aromatic carbocycles. The second-order valence-corrected chi connectivity index (χ2v) is 8.10. The van der Waals surface area contributed by atoms with Crippen LogP contribution in [0.5, 0.6) is 0 Å². The topological polar surface area (TPSA) is 104 Å². The van der Waals surface area contributed by atoms with Crippen LogP contribution in [-0.4, -0.2) is 18.5 Å². The van der Waals surface area contributed by atoms with E-state index in [0.717, 1.165) is 11.1 Å². The fraction of sp³-hybridized carbons (Fsp3) is 0.160. The number of furan rings is 1. The third-order valence-electron chi connectivity index (χ3n) is 4.72. The number of nitrogens with zero attached hydrogens (tertiary/aromatic N) is 1. The normalized spacial score (nSPS) is 11.0. The molecule has 1 heterocycles. The number of nitriles is 1. The summed E-state index contributed by atoms with van der Waals surface area (Å²) < 4.78 is 10.8. The van der Waals surface area contributed by atoms with Crippen molar-refractivity contribution in [1.82, 2.24) is 0 Å². The summed E-state index contributed by atoms with van der Waals surface area (Å²) in [7, 11) is 0. The predicted molar refractivity (Wildman–Crippen MR) is 133 cm³/mol. The van der Waals surface area contributed by atoms with Gasteiger partial charge in [-0.15, -0.1) is 0 Å². The minimum absolute atomic E-state index is 0.0100. The van der Waals surface area contributed by atoms with Gasteiger partial charge in [-0.3, -0.25) is 4.79 Å². The van der Waals surface area contributed by atoms with Gasteiger partial charge in [0.15, 0.2) is 5.76 Å². The maximum absolute atomic E-state index is 12.8. The van der Waals surface area contributed by atoms with E-state index in [0.29, 0.717) is 16.4 Å². The number of ether oxygens (including phenoxy) is 1. The van der Waals surface area contributed by atoms with Crippen LogP contribution in [0.2, 0.25) is 10.0 Å². The fourth-order valence-corrected chi connectivity index (χ4v) is 3.48. The molecule has 34 heavy (non-hydrogen) atoms. The van der Waals surface area contributed by atoms with Crippen molar-refractivity contribution in [3.8, 4) is 6.07 Å². The first kappa shape index (κ1) is 24.9. The van der Waals surface area contributed by atoms with E-state index in [9.17, 15) is 14.9 Å². The van der Waals surface area contributed by atoms with Crippen molar-refractivity contribution in [1.29, 1.82) is 5.26 Å². The Kier molecular flexibility index (Phi) is 8.00. The van der Waals surface area contributed by atoms with Crippen LogP contribution in [-0.2, 0) is 9.53 Å². The van der Waals surface area contributed by atoms with E-state index >= 15 is 0 Å². The number of nitrogens with one attached hydrogen (secondary N) is 2. The van der Waals surface area contributed by atoms with Gasteiger partial charge in [-0.05, 0) is 56.2 Å². The molecule has 0 unspecified atom stereocenters. The van der Waals surface area contributed by atoms with Crippen molar-refractivity contribution in [2.45, 2.75) is 20.8 Å². The number of esters is 1. The van der Waals surface area contributed by atoms with Crippen molar-refractivity contribution in [3.63, 3.8) is 0 Å². The van der Waals surface area contributed by atoms with E-state index in [2.05, 4.69) is 10.6 Å². The summed E-state index contributed by atoms with van der Waals surface area (Å²) in [6, 6.07) is 14.2. The zero-order valence-electron chi connectivity index (χ0n) is 18.7. The molecular weight excluding hydrogens is 477 g/mol. The lowest BCUT2D eigenvalue weighted by molar-refractivity contribution is -0.112. The standard InChI is InChI=1S/C25H21Cl2N3O4/c1-4-33-25(32)21-22(27)20(34-24(21)29-18-7-5-6-17(26)12-18)11-16(13-28)23(31)30-19-10-14(2)8-9-15(19)3/h5-12,29H,4H2,1-3H3,(H,30,31)/b16-11+. The molecule has 7 nitrogen and oxygen atoms in total. The van der Waals surface area contributed by atoms with Gasteiger partial charge in [-0.1, -0.05) is 41.4 Å². The number of anilines is 3. The van der Waals surface area contributed by atoms with Gasteiger partial charge in [-0.25, -0.2) is 4.79 Å². The van der Waals surface area contributed by atoms with E-state index in [-0.39, 0.29) is 34.4 Å². The molecule has 0 aliphatic rings. The Morgan fingerprint density at radius 2 is 1.94 bits per heavy atom. The van der Waals surface area contributed by atoms with Crippen LogP contribution in [0.3, 0.4) is 0 Å². The Morgan fingerprint density at radius 1 is 1.18 bits per heavy atom. The van der Waals surface area contributed by atoms with Crippen LogP contribution in [0.15, 0.2) is 52.5 Å². The smallest absolute Gasteiger partial charge is 0.345 e. The Balaban J connectivity index is 1.99. The summed E-state index contributed by atoms with van der Waals surface area (Å²) >= 11 is 12.5. The average Bonchev–Trinajstić information content (AvgIpc) is 3.09. The third-order valence-corrected chi connectivity index (χ3v) is 5.33.